The maximum Gasteiger partial charge on any atom is 0.341 e. The van der Waals surface area contributed by atoms with Crippen LogP contribution in [0, 0.1) is 6.92 Å². The van der Waals surface area contributed by atoms with Crippen LogP contribution in [0.15, 0.2) is 35.5 Å². The number of anilines is 1. The minimum absolute atomic E-state index is 0.0131. The molecule has 12 heteroatoms. The summed E-state index contributed by atoms with van der Waals surface area (Å²) in [5, 5.41) is 11.9. The summed E-state index contributed by atoms with van der Waals surface area (Å²) in [7, 11) is 0. The highest BCUT2D eigenvalue weighted by Gasteiger charge is 2.26. The van der Waals surface area contributed by atoms with Gasteiger partial charge < -0.3 is 25.1 Å². The van der Waals surface area contributed by atoms with Gasteiger partial charge >= 0.3 is 5.97 Å². The van der Waals surface area contributed by atoms with Gasteiger partial charge in [-0.3, -0.25) is 9.59 Å². The molecule has 0 aliphatic rings. The van der Waals surface area contributed by atoms with E-state index in [0.717, 1.165) is 17.1 Å². The number of nitrogens with two attached hydrogens (primary N) is 1. The highest BCUT2D eigenvalue weighted by atomic mass is 32.2. The second kappa shape index (κ2) is 11.8. The van der Waals surface area contributed by atoms with Crippen LogP contribution in [0.3, 0.4) is 0 Å². The van der Waals surface area contributed by atoms with Crippen molar-refractivity contribution in [1.29, 1.82) is 0 Å². The number of primary amides is 1. The third-order valence-electron chi connectivity index (χ3n) is 4.72. The summed E-state index contributed by atoms with van der Waals surface area (Å²) in [6, 6.07) is 9.38. The van der Waals surface area contributed by atoms with E-state index in [0.29, 0.717) is 23.1 Å². The number of rotatable bonds is 11. The van der Waals surface area contributed by atoms with Crippen LogP contribution in [-0.2, 0) is 22.7 Å². The molecular formula is C23H27N5O5S2. The lowest BCUT2D eigenvalue weighted by molar-refractivity contribution is -0.113. The number of carbonyl (C=O) groups excluding carboxylic acids is 3. The fraction of sp³-hybridized carbons (Fsp3) is 0.348. The zero-order valence-corrected chi connectivity index (χ0v) is 21.5. The Morgan fingerprint density at radius 1 is 1.20 bits per heavy atom. The number of ether oxygens (including phenoxy) is 2. The van der Waals surface area contributed by atoms with E-state index in [1.165, 1.54) is 11.8 Å². The molecule has 0 aliphatic heterocycles. The van der Waals surface area contributed by atoms with Crippen molar-refractivity contribution < 1.29 is 23.9 Å². The van der Waals surface area contributed by atoms with Crippen LogP contribution in [0.2, 0.25) is 0 Å². The molecule has 186 valence electrons. The number of hydrogen-bond acceptors (Lipinski definition) is 9. The average Bonchev–Trinajstić information content (AvgIpc) is 3.36. The van der Waals surface area contributed by atoms with Crippen molar-refractivity contribution in [3.63, 3.8) is 0 Å². The topological polar surface area (TPSA) is 138 Å². The molecule has 35 heavy (non-hydrogen) atoms. The van der Waals surface area contributed by atoms with Crippen molar-refractivity contribution in [1.82, 2.24) is 14.8 Å². The van der Waals surface area contributed by atoms with Crippen LogP contribution in [-0.4, -0.2) is 44.4 Å². The van der Waals surface area contributed by atoms with Gasteiger partial charge in [-0.2, -0.15) is 0 Å². The highest BCUT2D eigenvalue weighted by molar-refractivity contribution is 7.99. The predicted molar refractivity (Wildman–Crippen MR) is 134 cm³/mol. The van der Waals surface area contributed by atoms with Gasteiger partial charge in [-0.15, -0.1) is 21.5 Å². The predicted octanol–water partition coefficient (Wildman–Crippen LogP) is 3.64. The molecule has 10 nitrogen and oxygen atoms in total. The molecule has 3 aromatic rings. The summed E-state index contributed by atoms with van der Waals surface area (Å²) in [6.07, 6.45) is -0.363. The number of carbonyl (C=O) groups is 3. The Balaban J connectivity index is 1.68. The molecule has 0 saturated heterocycles. The number of thioether (sulfide) groups is 1. The van der Waals surface area contributed by atoms with Gasteiger partial charge in [0.25, 0.3) is 5.91 Å². The molecule has 0 spiro atoms. The number of aromatic nitrogens is 3. The maximum atomic E-state index is 12.7. The van der Waals surface area contributed by atoms with Gasteiger partial charge in [0.15, 0.2) is 11.0 Å². The maximum absolute atomic E-state index is 12.7. The Kier molecular flexibility index (Phi) is 8.88. The molecule has 3 rings (SSSR count). The number of amides is 2. The molecule has 0 atom stereocenters. The van der Waals surface area contributed by atoms with Gasteiger partial charge in [-0.25, -0.2) is 4.79 Å². The van der Waals surface area contributed by atoms with Gasteiger partial charge in [0, 0.05) is 6.54 Å². The molecule has 2 amide bonds. The number of nitrogens with zero attached hydrogens (tertiary/aromatic N) is 3. The first-order chi connectivity index (χ1) is 16.7. The molecule has 0 saturated carbocycles. The van der Waals surface area contributed by atoms with Crippen molar-refractivity contribution in [3.8, 4) is 5.75 Å². The van der Waals surface area contributed by atoms with Crippen molar-refractivity contribution in [2.45, 2.75) is 52.1 Å². The fourth-order valence-corrected chi connectivity index (χ4v) is 5.05. The van der Waals surface area contributed by atoms with Crippen LogP contribution in [0.4, 0.5) is 5.00 Å². The molecule has 1 aromatic carbocycles. The number of nitrogens with one attached hydrogen (secondary N) is 1. The van der Waals surface area contributed by atoms with E-state index >= 15 is 0 Å². The van der Waals surface area contributed by atoms with Gasteiger partial charge in [0.05, 0.1) is 22.3 Å². The van der Waals surface area contributed by atoms with E-state index in [4.69, 9.17) is 15.2 Å². The summed E-state index contributed by atoms with van der Waals surface area (Å²) >= 11 is 2.15. The monoisotopic (exact) mass is 517 g/mol. The van der Waals surface area contributed by atoms with Crippen molar-refractivity contribution in [3.05, 3.63) is 52.2 Å². The summed E-state index contributed by atoms with van der Waals surface area (Å²) < 4.78 is 12.9. The first-order valence-corrected chi connectivity index (χ1v) is 12.7. The van der Waals surface area contributed by atoms with Gasteiger partial charge in [-0.1, -0.05) is 30.0 Å². The minimum atomic E-state index is -0.678. The van der Waals surface area contributed by atoms with E-state index in [1.54, 1.807) is 20.8 Å². The van der Waals surface area contributed by atoms with E-state index in [1.807, 2.05) is 41.8 Å². The highest BCUT2D eigenvalue weighted by Crippen LogP contribution is 2.34. The van der Waals surface area contributed by atoms with Crippen molar-refractivity contribution in [2.24, 2.45) is 5.73 Å². The Morgan fingerprint density at radius 2 is 1.91 bits per heavy atom. The number of hydrogen-bond donors (Lipinski definition) is 2. The van der Waals surface area contributed by atoms with Gasteiger partial charge in [0.1, 0.15) is 17.4 Å². The average molecular weight is 518 g/mol. The summed E-state index contributed by atoms with van der Waals surface area (Å²) in [4.78, 5) is 37.3. The van der Waals surface area contributed by atoms with E-state index in [9.17, 15) is 14.4 Å². The Labute approximate surface area is 211 Å². The van der Waals surface area contributed by atoms with Gasteiger partial charge in [0.2, 0.25) is 5.91 Å². The first-order valence-electron chi connectivity index (χ1n) is 10.9. The molecular weight excluding hydrogens is 490 g/mol. The standard InChI is InChI=1S/C23H27N5O5S2/c1-5-28-16(11-32-15-9-7-6-8-10-15)26-27-23(28)34-12-17(29)25-21-18(22(31)33-13(2)3)14(4)19(35-21)20(24)30/h6-10,13H,5,11-12H2,1-4H3,(H2,24,30)(H,25,29). The zero-order chi connectivity index (χ0) is 25.5. The number of thiophene rings is 1. The largest absolute Gasteiger partial charge is 0.486 e. The molecule has 2 heterocycles. The summed E-state index contributed by atoms with van der Waals surface area (Å²) in [5.74, 6) is -0.309. The lowest BCUT2D eigenvalue weighted by Gasteiger charge is -2.11. The molecule has 3 N–H and O–H groups in total. The second-order valence-electron chi connectivity index (χ2n) is 7.66. The van der Waals surface area contributed by atoms with Gasteiger partial charge in [-0.05, 0) is 45.4 Å². The molecule has 0 aliphatic carbocycles. The molecule has 0 bridgehead atoms. The third-order valence-corrected chi connectivity index (χ3v) is 6.91. The van der Waals surface area contributed by atoms with Crippen LogP contribution in [0.5, 0.6) is 5.75 Å². The van der Waals surface area contributed by atoms with Crippen LogP contribution < -0.4 is 15.8 Å². The molecule has 0 unspecified atom stereocenters. The summed E-state index contributed by atoms with van der Waals surface area (Å²) in [5.41, 5.74) is 5.95. The van der Waals surface area contributed by atoms with E-state index in [-0.39, 0.29) is 39.8 Å². The number of esters is 1. The third kappa shape index (κ3) is 6.61. The zero-order valence-electron chi connectivity index (χ0n) is 19.9. The Morgan fingerprint density at radius 3 is 2.54 bits per heavy atom. The van der Waals surface area contributed by atoms with Crippen LogP contribution in [0.1, 0.15) is 52.2 Å². The van der Waals surface area contributed by atoms with Crippen LogP contribution in [0.25, 0.3) is 0 Å². The van der Waals surface area contributed by atoms with Crippen molar-refractivity contribution in [2.75, 3.05) is 11.1 Å². The minimum Gasteiger partial charge on any atom is -0.486 e. The second-order valence-corrected chi connectivity index (χ2v) is 9.62. The summed E-state index contributed by atoms with van der Waals surface area (Å²) in [6.45, 7) is 7.82. The quantitative estimate of drug-likeness (QED) is 0.290. The molecule has 2 aromatic heterocycles. The Bertz CT molecular complexity index is 1210. The normalized spacial score (nSPS) is 10.9. The molecule has 0 fully saturated rings. The molecule has 0 radical (unpaired) electrons. The fourth-order valence-electron chi connectivity index (χ4n) is 3.16. The lowest BCUT2D eigenvalue weighted by Crippen LogP contribution is -2.18. The number of para-hydroxylation sites is 1. The smallest absolute Gasteiger partial charge is 0.341 e. The Hall–Kier alpha value is -3.38. The lowest BCUT2D eigenvalue weighted by atomic mass is 10.1. The number of benzene rings is 1. The van der Waals surface area contributed by atoms with Crippen molar-refractivity contribution >= 4 is 45.9 Å². The van der Waals surface area contributed by atoms with E-state index < -0.39 is 11.9 Å². The van der Waals surface area contributed by atoms with Crippen LogP contribution >= 0.6 is 23.1 Å². The SMILES string of the molecule is CCn1c(COc2ccccc2)nnc1SCC(=O)Nc1sc(C(N)=O)c(C)c1C(=O)OC(C)C. The first kappa shape index (κ1) is 26.2. The van der Waals surface area contributed by atoms with E-state index in [2.05, 4.69) is 15.5 Å².